The monoisotopic (exact) mass is 654 g/mol. The van der Waals surface area contributed by atoms with Crippen molar-refractivity contribution in [2.75, 3.05) is 19.7 Å². The van der Waals surface area contributed by atoms with Crippen molar-refractivity contribution in [2.24, 2.45) is 11.3 Å². The van der Waals surface area contributed by atoms with Gasteiger partial charge in [0, 0.05) is 11.8 Å². The Kier molecular flexibility index (Phi) is 12.3. The molecule has 12 heteroatoms. The zero-order chi connectivity index (χ0) is 33.3. The molecule has 2 aliphatic carbocycles. The van der Waals surface area contributed by atoms with Crippen molar-refractivity contribution in [3.63, 3.8) is 0 Å². The summed E-state index contributed by atoms with van der Waals surface area (Å²) in [7, 11) is 0. The molecular weight excluding hydrogens is 608 g/mol. The zero-order valence-electron chi connectivity index (χ0n) is 26.7. The first kappa shape index (κ1) is 35.1. The van der Waals surface area contributed by atoms with Crippen LogP contribution in [0.15, 0.2) is 36.9 Å². The molecule has 1 saturated heterocycles. The molecule has 4 N–H and O–H groups in total. The Morgan fingerprint density at radius 1 is 1.17 bits per heavy atom. The van der Waals surface area contributed by atoms with Crippen LogP contribution < -0.4 is 15.4 Å². The van der Waals surface area contributed by atoms with Gasteiger partial charge in [-0.3, -0.25) is 23.9 Å². The molecule has 11 nitrogen and oxygen atoms in total. The lowest BCUT2D eigenvalue weighted by atomic mass is 9.88. The predicted octanol–water partition coefficient (Wildman–Crippen LogP) is 4.01. The average Bonchev–Trinajstić information content (AvgIpc) is 3.52. The topological polar surface area (TPSA) is 154 Å². The molecule has 4 rings (SSSR count). The SMILES string of the molecule is C=CCC(NC(=O)C1CCCN1C(=O)CNC(=O)OCC(C)(C)CC/C=C/c1cccc2c1CC(C(=O)O)C2)C(=O)NSC1CC1. The van der Waals surface area contributed by atoms with Gasteiger partial charge in [-0.25, -0.2) is 4.79 Å². The fourth-order valence-electron chi connectivity index (χ4n) is 5.73. The van der Waals surface area contributed by atoms with Crippen LogP contribution in [-0.4, -0.2) is 76.8 Å². The van der Waals surface area contributed by atoms with E-state index in [0.717, 1.165) is 42.4 Å². The third-order valence-corrected chi connectivity index (χ3v) is 9.72. The number of carboxylic acid groups (broad SMARTS) is 1. The van der Waals surface area contributed by atoms with E-state index in [1.165, 1.54) is 16.8 Å². The highest BCUT2D eigenvalue weighted by molar-refractivity contribution is 7.98. The molecular formula is C34H46N4O7S. The van der Waals surface area contributed by atoms with Gasteiger partial charge in [0.15, 0.2) is 0 Å². The van der Waals surface area contributed by atoms with Crippen LogP contribution in [0.5, 0.6) is 0 Å². The summed E-state index contributed by atoms with van der Waals surface area (Å²) in [6.07, 6.45) is 11.1. The number of fused-ring (bicyclic) bond motifs is 1. The second-order valence-electron chi connectivity index (χ2n) is 13.1. The van der Waals surface area contributed by atoms with E-state index in [9.17, 15) is 29.1 Å². The van der Waals surface area contributed by atoms with E-state index in [-0.39, 0.29) is 36.8 Å². The molecule has 2 fully saturated rings. The first-order chi connectivity index (χ1) is 22.0. The summed E-state index contributed by atoms with van der Waals surface area (Å²) >= 11 is 1.37. The number of nitrogens with zero attached hydrogens (tertiary/aromatic N) is 1. The number of carboxylic acids is 1. The van der Waals surface area contributed by atoms with Crippen molar-refractivity contribution < 1.29 is 33.8 Å². The summed E-state index contributed by atoms with van der Waals surface area (Å²) in [6, 6.07) is 4.46. The highest BCUT2D eigenvalue weighted by Crippen LogP contribution is 2.32. The number of alkyl carbamates (subject to hydrolysis) is 1. The number of ether oxygens (including phenoxy) is 1. The van der Waals surface area contributed by atoms with Crippen LogP contribution in [0.4, 0.5) is 4.79 Å². The maximum atomic E-state index is 13.1. The molecule has 0 aromatic heterocycles. The average molecular weight is 655 g/mol. The Labute approximate surface area is 275 Å². The lowest BCUT2D eigenvalue weighted by molar-refractivity contribution is -0.141. The van der Waals surface area contributed by atoms with Crippen molar-refractivity contribution >= 4 is 47.8 Å². The third kappa shape index (κ3) is 10.1. The Balaban J connectivity index is 1.17. The van der Waals surface area contributed by atoms with Crippen LogP contribution in [0.25, 0.3) is 6.08 Å². The number of rotatable bonds is 16. The van der Waals surface area contributed by atoms with Gasteiger partial charge in [0.2, 0.25) is 11.8 Å². The number of benzene rings is 1. The molecule has 1 aromatic rings. The number of hydrogen-bond donors (Lipinski definition) is 4. The number of amides is 4. The van der Waals surface area contributed by atoms with E-state index in [1.807, 2.05) is 38.1 Å². The van der Waals surface area contributed by atoms with Gasteiger partial charge >= 0.3 is 12.1 Å². The van der Waals surface area contributed by atoms with Gasteiger partial charge in [0.1, 0.15) is 18.6 Å². The summed E-state index contributed by atoms with van der Waals surface area (Å²) < 4.78 is 8.22. The van der Waals surface area contributed by atoms with Gasteiger partial charge in [0.05, 0.1) is 12.5 Å². The highest BCUT2D eigenvalue weighted by atomic mass is 32.2. The molecule has 3 atom stereocenters. The molecule has 1 aliphatic heterocycles. The molecule has 1 aromatic carbocycles. The van der Waals surface area contributed by atoms with Crippen LogP contribution in [0.2, 0.25) is 0 Å². The molecule has 0 radical (unpaired) electrons. The van der Waals surface area contributed by atoms with E-state index in [1.54, 1.807) is 6.08 Å². The minimum Gasteiger partial charge on any atom is -0.481 e. The lowest BCUT2D eigenvalue weighted by Gasteiger charge is -2.26. The Morgan fingerprint density at radius 2 is 1.96 bits per heavy atom. The van der Waals surface area contributed by atoms with Crippen LogP contribution in [0, 0.1) is 11.3 Å². The van der Waals surface area contributed by atoms with Crippen molar-refractivity contribution in [3.8, 4) is 0 Å². The molecule has 1 heterocycles. The number of nitrogens with one attached hydrogen (secondary N) is 3. The van der Waals surface area contributed by atoms with Gasteiger partial charge in [-0.1, -0.05) is 50.3 Å². The van der Waals surface area contributed by atoms with Gasteiger partial charge in [-0.05, 0) is 91.8 Å². The van der Waals surface area contributed by atoms with E-state index in [0.29, 0.717) is 37.5 Å². The van der Waals surface area contributed by atoms with Crippen molar-refractivity contribution in [1.82, 2.24) is 20.3 Å². The molecule has 0 bridgehead atoms. The van der Waals surface area contributed by atoms with Crippen molar-refractivity contribution in [2.45, 2.75) is 89.0 Å². The van der Waals surface area contributed by atoms with E-state index in [2.05, 4.69) is 28.0 Å². The third-order valence-electron chi connectivity index (χ3n) is 8.60. The number of aliphatic carboxylic acids is 1. The normalized spacial score (nSPS) is 19.7. The van der Waals surface area contributed by atoms with E-state index >= 15 is 0 Å². The first-order valence-electron chi connectivity index (χ1n) is 16.0. The van der Waals surface area contributed by atoms with Crippen LogP contribution in [0.3, 0.4) is 0 Å². The highest BCUT2D eigenvalue weighted by Gasteiger charge is 2.36. The lowest BCUT2D eigenvalue weighted by Crippen LogP contribution is -2.53. The predicted molar refractivity (Wildman–Crippen MR) is 177 cm³/mol. The van der Waals surface area contributed by atoms with Crippen LogP contribution >= 0.6 is 11.9 Å². The van der Waals surface area contributed by atoms with Gasteiger partial charge in [-0.15, -0.1) is 6.58 Å². The summed E-state index contributed by atoms with van der Waals surface area (Å²) in [5, 5.41) is 15.1. The Bertz CT molecular complexity index is 1340. The largest absolute Gasteiger partial charge is 0.481 e. The standard InChI is InChI=1S/C34H46N4O7S/c1-4-9-27(30(40)37-46-25-14-15-25)36-31(41)28-13-8-17-38(28)29(39)20-35-33(44)45-21-34(2,3)16-6-5-10-22-11-7-12-23-18-24(32(42)43)19-26(22)23/h4-5,7,10-12,24-25,27-28H,1,6,8-9,13-21H2,2-3H3,(H,35,44)(H,36,41)(H,37,40)(H,42,43)/b10-5+. The molecule has 4 amide bonds. The number of allylic oxidation sites excluding steroid dienone is 1. The van der Waals surface area contributed by atoms with Gasteiger partial charge < -0.3 is 25.4 Å². The van der Waals surface area contributed by atoms with E-state index in [4.69, 9.17) is 4.74 Å². The summed E-state index contributed by atoms with van der Waals surface area (Å²) in [6.45, 7) is 7.91. The summed E-state index contributed by atoms with van der Waals surface area (Å²) in [4.78, 5) is 63.9. The molecule has 3 unspecified atom stereocenters. The van der Waals surface area contributed by atoms with Crippen molar-refractivity contribution in [3.05, 3.63) is 53.6 Å². The number of carbonyl (C=O) groups excluding carboxylic acids is 4. The van der Waals surface area contributed by atoms with Gasteiger partial charge in [-0.2, -0.15) is 0 Å². The number of hydrogen-bond acceptors (Lipinski definition) is 7. The maximum Gasteiger partial charge on any atom is 0.407 e. The smallest absolute Gasteiger partial charge is 0.407 e. The fourth-order valence-corrected chi connectivity index (χ4v) is 6.53. The summed E-state index contributed by atoms with van der Waals surface area (Å²) in [5.41, 5.74) is 2.92. The Hall–Kier alpha value is -3.80. The second kappa shape index (κ2) is 16.2. The molecule has 0 spiro atoms. The Morgan fingerprint density at radius 3 is 2.67 bits per heavy atom. The van der Waals surface area contributed by atoms with Crippen LogP contribution in [0.1, 0.15) is 75.5 Å². The quantitative estimate of drug-likeness (QED) is 0.154. The molecule has 250 valence electrons. The second-order valence-corrected chi connectivity index (χ2v) is 14.2. The van der Waals surface area contributed by atoms with Crippen molar-refractivity contribution in [1.29, 1.82) is 0 Å². The van der Waals surface area contributed by atoms with Crippen LogP contribution in [-0.2, 0) is 36.8 Å². The van der Waals surface area contributed by atoms with Gasteiger partial charge in [0.25, 0.3) is 5.91 Å². The fraction of sp³-hybridized carbons (Fsp3) is 0.559. The number of likely N-dealkylation sites (tertiary alicyclic amines) is 1. The minimum absolute atomic E-state index is 0.155. The zero-order valence-corrected chi connectivity index (χ0v) is 27.5. The maximum absolute atomic E-state index is 13.1. The number of carbonyl (C=O) groups is 5. The molecule has 46 heavy (non-hydrogen) atoms. The van der Waals surface area contributed by atoms with E-state index < -0.39 is 36.0 Å². The molecule has 1 saturated carbocycles. The summed E-state index contributed by atoms with van der Waals surface area (Å²) in [5.74, 6) is -2.21. The first-order valence-corrected chi connectivity index (χ1v) is 16.9. The molecule has 3 aliphatic rings. The minimum atomic E-state index is -0.772.